The normalized spacial score (nSPS) is 11.0. The molecule has 0 aliphatic heterocycles. The number of amides is 1. The molecule has 1 amide bonds. The third kappa shape index (κ3) is 8.38. The van der Waals surface area contributed by atoms with Crippen LogP contribution >= 0.6 is 0 Å². The van der Waals surface area contributed by atoms with E-state index in [0.29, 0.717) is 12.8 Å². The highest BCUT2D eigenvalue weighted by Crippen LogP contribution is 2.02. The Hall–Kier alpha value is -2.66. The number of aryl methyl sites for hydroxylation is 1. The zero-order valence-electron chi connectivity index (χ0n) is 12.9. The Morgan fingerprint density at radius 3 is 1.83 bits per heavy atom. The maximum Gasteiger partial charge on any atom is 0.320 e. The summed E-state index contributed by atoms with van der Waals surface area (Å²) in [7, 11) is 0. The molecular formula is C18H22N2O3. The Morgan fingerprint density at radius 2 is 1.39 bits per heavy atom. The van der Waals surface area contributed by atoms with Gasteiger partial charge in [0.15, 0.2) is 0 Å². The first-order valence-electron chi connectivity index (χ1n) is 7.33. The molecule has 5 nitrogen and oxygen atoms in total. The molecule has 0 heterocycles. The van der Waals surface area contributed by atoms with Gasteiger partial charge in [0.25, 0.3) is 0 Å². The van der Waals surface area contributed by atoms with Crippen molar-refractivity contribution in [2.45, 2.75) is 25.3 Å². The van der Waals surface area contributed by atoms with Gasteiger partial charge in [-0.2, -0.15) is 0 Å². The van der Waals surface area contributed by atoms with E-state index in [1.807, 2.05) is 60.7 Å². The number of hydrogen-bond donors (Lipinski definition) is 3. The summed E-state index contributed by atoms with van der Waals surface area (Å²) < 4.78 is 0. The summed E-state index contributed by atoms with van der Waals surface area (Å²) in [6, 6.07) is 18.4. The molecule has 122 valence electrons. The highest BCUT2D eigenvalue weighted by molar-refractivity contribution is 5.74. The van der Waals surface area contributed by atoms with Crippen molar-refractivity contribution >= 4 is 11.9 Å². The van der Waals surface area contributed by atoms with E-state index in [4.69, 9.17) is 16.6 Å². The number of carbonyl (C=O) groups excluding carboxylic acids is 1. The van der Waals surface area contributed by atoms with Gasteiger partial charge in [-0.25, -0.2) is 0 Å². The van der Waals surface area contributed by atoms with E-state index in [1.165, 1.54) is 0 Å². The van der Waals surface area contributed by atoms with Gasteiger partial charge in [-0.3, -0.25) is 9.59 Å². The number of carboxylic acid groups (broad SMARTS) is 1. The quantitative estimate of drug-likeness (QED) is 0.755. The summed E-state index contributed by atoms with van der Waals surface area (Å²) in [5.41, 5.74) is 12.5. The van der Waals surface area contributed by atoms with Gasteiger partial charge >= 0.3 is 5.97 Å². The molecule has 5 N–H and O–H groups in total. The number of rotatable bonds is 6. The van der Waals surface area contributed by atoms with Gasteiger partial charge in [-0.1, -0.05) is 60.7 Å². The maximum absolute atomic E-state index is 10.4. The molecule has 0 spiro atoms. The summed E-state index contributed by atoms with van der Waals surface area (Å²) in [5.74, 6) is -1.20. The number of benzene rings is 2. The Morgan fingerprint density at radius 1 is 0.913 bits per heavy atom. The van der Waals surface area contributed by atoms with Crippen molar-refractivity contribution in [2.24, 2.45) is 11.5 Å². The molecule has 23 heavy (non-hydrogen) atoms. The molecule has 0 aromatic heterocycles. The lowest BCUT2D eigenvalue weighted by molar-refractivity contribution is -0.138. The summed E-state index contributed by atoms with van der Waals surface area (Å²) >= 11 is 0. The van der Waals surface area contributed by atoms with Crippen LogP contribution in [0.25, 0.3) is 0 Å². The van der Waals surface area contributed by atoms with Crippen molar-refractivity contribution in [1.82, 2.24) is 0 Å². The van der Waals surface area contributed by atoms with Crippen LogP contribution < -0.4 is 11.5 Å². The second-order valence-electron chi connectivity index (χ2n) is 5.09. The first-order valence-corrected chi connectivity index (χ1v) is 7.33. The molecule has 5 heteroatoms. The van der Waals surface area contributed by atoms with E-state index in [0.717, 1.165) is 17.5 Å². The van der Waals surface area contributed by atoms with Gasteiger partial charge in [0.05, 0.1) is 0 Å². The van der Waals surface area contributed by atoms with Crippen LogP contribution in [0, 0.1) is 0 Å². The van der Waals surface area contributed by atoms with Gasteiger partial charge in [0, 0.05) is 6.42 Å². The van der Waals surface area contributed by atoms with Gasteiger partial charge in [0.2, 0.25) is 5.91 Å². The van der Waals surface area contributed by atoms with Crippen LogP contribution in [0.1, 0.15) is 17.5 Å². The highest BCUT2D eigenvalue weighted by Gasteiger charge is 2.10. The first-order chi connectivity index (χ1) is 11.0. The van der Waals surface area contributed by atoms with Crippen molar-refractivity contribution in [3.63, 3.8) is 0 Å². The smallest absolute Gasteiger partial charge is 0.320 e. The molecule has 0 radical (unpaired) electrons. The average molecular weight is 314 g/mol. The number of aliphatic carboxylic acids is 1. The molecule has 0 bridgehead atoms. The lowest BCUT2D eigenvalue weighted by Crippen LogP contribution is -2.32. The van der Waals surface area contributed by atoms with E-state index < -0.39 is 12.0 Å². The fourth-order valence-corrected chi connectivity index (χ4v) is 1.87. The minimum atomic E-state index is -0.959. The van der Waals surface area contributed by atoms with Gasteiger partial charge in [-0.15, -0.1) is 0 Å². The minimum absolute atomic E-state index is 0.242. The Balaban J connectivity index is 0.000000231. The monoisotopic (exact) mass is 314 g/mol. The molecule has 0 fully saturated rings. The van der Waals surface area contributed by atoms with Crippen LogP contribution in [0.2, 0.25) is 0 Å². The van der Waals surface area contributed by atoms with E-state index in [9.17, 15) is 9.59 Å². The van der Waals surface area contributed by atoms with Crippen LogP contribution in [0.4, 0.5) is 0 Å². The summed E-state index contributed by atoms with van der Waals surface area (Å²) in [5, 5.41) is 8.52. The predicted octanol–water partition coefficient (Wildman–Crippen LogP) is 1.75. The highest BCUT2D eigenvalue weighted by atomic mass is 16.4. The molecule has 2 aromatic rings. The zero-order valence-corrected chi connectivity index (χ0v) is 12.9. The van der Waals surface area contributed by atoms with Crippen molar-refractivity contribution < 1.29 is 14.7 Å². The van der Waals surface area contributed by atoms with Crippen molar-refractivity contribution in [3.8, 4) is 0 Å². The SMILES string of the molecule is NC(=O)CCc1ccccc1.N[C@@H](Cc1ccccc1)C(=O)O. The van der Waals surface area contributed by atoms with Crippen LogP contribution in [-0.4, -0.2) is 23.0 Å². The predicted molar refractivity (Wildman–Crippen MR) is 89.7 cm³/mol. The fraction of sp³-hybridized carbons (Fsp3) is 0.222. The van der Waals surface area contributed by atoms with Gasteiger partial charge < -0.3 is 16.6 Å². The average Bonchev–Trinajstić information content (AvgIpc) is 2.55. The molecule has 0 saturated carbocycles. The molecule has 0 aliphatic rings. The number of primary amides is 1. The molecule has 2 aromatic carbocycles. The number of nitrogens with two attached hydrogens (primary N) is 2. The van der Waals surface area contributed by atoms with Crippen LogP contribution in [0.5, 0.6) is 0 Å². The molecule has 1 atom stereocenters. The van der Waals surface area contributed by atoms with E-state index >= 15 is 0 Å². The molecule has 0 unspecified atom stereocenters. The maximum atomic E-state index is 10.4. The molecule has 2 rings (SSSR count). The topological polar surface area (TPSA) is 106 Å². The summed E-state index contributed by atoms with van der Waals surface area (Å²) in [4.78, 5) is 20.8. The Kier molecular flexibility index (Phi) is 8.10. The third-order valence-electron chi connectivity index (χ3n) is 3.12. The van der Waals surface area contributed by atoms with Gasteiger partial charge in [0.1, 0.15) is 6.04 Å². The summed E-state index contributed by atoms with van der Waals surface area (Å²) in [6.45, 7) is 0. The van der Waals surface area contributed by atoms with Crippen molar-refractivity contribution in [1.29, 1.82) is 0 Å². The molecular weight excluding hydrogens is 292 g/mol. The zero-order chi connectivity index (χ0) is 17.1. The van der Waals surface area contributed by atoms with E-state index in [-0.39, 0.29) is 5.91 Å². The van der Waals surface area contributed by atoms with Crippen LogP contribution in [0.15, 0.2) is 60.7 Å². The Labute approximate surface area is 135 Å². The Bertz CT molecular complexity index is 600. The van der Waals surface area contributed by atoms with Crippen LogP contribution in [0.3, 0.4) is 0 Å². The first kappa shape index (κ1) is 18.4. The van der Waals surface area contributed by atoms with Crippen molar-refractivity contribution in [3.05, 3.63) is 71.8 Å². The number of carbonyl (C=O) groups is 2. The fourth-order valence-electron chi connectivity index (χ4n) is 1.87. The van der Waals surface area contributed by atoms with Crippen LogP contribution in [-0.2, 0) is 22.4 Å². The summed E-state index contributed by atoms with van der Waals surface area (Å²) in [6.07, 6.45) is 1.57. The lowest BCUT2D eigenvalue weighted by Gasteiger charge is -2.04. The van der Waals surface area contributed by atoms with E-state index in [1.54, 1.807) is 0 Å². The second-order valence-corrected chi connectivity index (χ2v) is 5.09. The third-order valence-corrected chi connectivity index (χ3v) is 3.12. The lowest BCUT2D eigenvalue weighted by atomic mass is 10.1. The largest absolute Gasteiger partial charge is 0.480 e. The molecule has 0 saturated heterocycles. The minimum Gasteiger partial charge on any atom is -0.480 e. The number of carboxylic acids is 1. The van der Waals surface area contributed by atoms with Crippen molar-refractivity contribution in [2.75, 3.05) is 0 Å². The standard InChI is InChI=1S/C9H11NO2.C9H11NO/c10-8(9(11)12)6-7-4-2-1-3-5-7;10-9(11)7-6-8-4-2-1-3-5-8/h1-5,8H,6,10H2,(H,11,12);1-5H,6-7H2,(H2,10,11)/t8-;/m0./s1. The van der Waals surface area contributed by atoms with Gasteiger partial charge in [-0.05, 0) is 24.0 Å². The molecule has 0 aliphatic carbocycles. The van der Waals surface area contributed by atoms with E-state index in [2.05, 4.69) is 0 Å². The number of hydrogen-bond acceptors (Lipinski definition) is 3. The second kappa shape index (κ2) is 10.1.